The largest absolute Gasteiger partial charge is 0.326 e. The summed E-state index contributed by atoms with van der Waals surface area (Å²) in [6, 6.07) is 1.83. The SMILES string of the molecule is CC(C)CN(C1CCCC1)C1C(C)CC(C)CC1N. The average Bonchev–Trinajstić information content (AvgIpc) is 2.78. The van der Waals surface area contributed by atoms with Gasteiger partial charge in [0.05, 0.1) is 0 Å². The predicted octanol–water partition coefficient (Wildman–Crippen LogP) is 3.65. The van der Waals surface area contributed by atoms with Gasteiger partial charge in [0.25, 0.3) is 0 Å². The minimum atomic E-state index is 0.387. The molecule has 0 amide bonds. The normalized spacial score (nSPS) is 37.4. The van der Waals surface area contributed by atoms with Crippen molar-refractivity contribution in [3.63, 3.8) is 0 Å². The van der Waals surface area contributed by atoms with Gasteiger partial charge < -0.3 is 5.73 Å². The predicted molar refractivity (Wildman–Crippen MR) is 83.1 cm³/mol. The van der Waals surface area contributed by atoms with Crippen LogP contribution in [-0.4, -0.2) is 29.6 Å². The van der Waals surface area contributed by atoms with Crippen LogP contribution >= 0.6 is 0 Å². The average molecular weight is 266 g/mol. The molecular formula is C17H34N2. The lowest BCUT2D eigenvalue weighted by Crippen LogP contribution is -2.58. The monoisotopic (exact) mass is 266 g/mol. The van der Waals surface area contributed by atoms with Gasteiger partial charge in [-0.3, -0.25) is 4.90 Å². The molecule has 0 heterocycles. The van der Waals surface area contributed by atoms with Crippen LogP contribution in [0.2, 0.25) is 0 Å². The van der Waals surface area contributed by atoms with Crippen LogP contribution in [0.25, 0.3) is 0 Å². The van der Waals surface area contributed by atoms with Crippen LogP contribution in [0, 0.1) is 17.8 Å². The summed E-state index contributed by atoms with van der Waals surface area (Å²) in [7, 11) is 0. The number of hydrogen-bond donors (Lipinski definition) is 1. The summed E-state index contributed by atoms with van der Waals surface area (Å²) in [4.78, 5) is 2.82. The Kier molecular flexibility index (Phi) is 5.30. The van der Waals surface area contributed by atoms with E-state index in [9.17, 15) is 0 Å². The van der Waals surface area contributed by atoms with Crippen molar-refractivity contribution in [1.29, 1.82) is 0 Å². The third kappa shape index (κ3) is 3.72. The fourth-order valence-corrected chi connectivity index (χ4v) is 4.64. The Hall–Kier alpha value is -0.0800. The van der Waals surface area contributed by atoms with Crippen molar-refractivity contribution in [3.8, 4) is 0 Å². The maximum absolute atomic E-state index is 6.56. The molecule has 0 aromatic heterocycles. The maximum atomic E-state index is 6.56. The number of nitrogens with two attached hydrogens (primary N) is 1. The van der Waals surface area contributed by atoms with E-state index in [1.165, 1.54) is 45.1 Å². The first-order valence-corrected chi connectivity index (χ1v) is 8.50. The number of hydrogen-bond acceptors (Lipinski definition) is 2. The lowest BCUT2D eigenvalue weighted by atomic mass is 9.75. The fourth-order valence-electron chi connectivity index (χ4n) is 4.64. The first kappa shape index (κ1) is 15.3. The lowest BCUT2D eigenvalue weighted by Gasteiger charge is -2.47. The van der Waals surface area contributed by atoms with Gasteiger partial charge in [0, 0.05) is 24.7 Å². The smallest absolute Gasteiger partial charge is 0.0276 e. The number of nitrogens with zero attached hydrogens (tertiary/aromatic N) is 1. The van der Waals surface area contributed by atoms with Crippen LogP contribution in [0.5, 0.6) is 0 Å². The maximum Gasteiger partial charge on any atom is 0.0276 e. The summed E-state index contributed by atoms with van der Waals surface area (Å²) in [6.07, 6.45) is 8.23. The van der Waals surface area contributed by atoms with Crippen LogP contribution in [0.3, 0.4) is 0 Å². The van der Waals surface area contributed by atoms with Gasteiger partial charge >= 0.3 is 0 Å². The van der Waals surface area contributed by atoms with Crippen LogP contribution in [0.15, 0.2) is 0 Å². The highest BCUT2D eigenvalue weighted by molar-refractivity contribution is 4.95. The molecule has 2 N–H and O–H groups in total. The highest BCUT2D eigenvalue weighted by Crippen LogP contribution is 2.35. The Morgan fingerprint density at radius 2 is 1.74 bits per heavy atom. The quantitative estimate of drug-likeness (QED) is 0.841. The molecule has 19 heavy (non-hydrogen) atoms. The summed E-state index contributed by atoms with van der Waals surface area (Å²) in [6.45, 7) is 10.7. The van der Waals surface area contributed by atoms with Gasteiger partial charge in [-0.15, -0.1) is 0 Å². The summed E-state index contributed by atoms with van der Waals surface area (Å²) in [5.74, 6) is 2.32. The number of rotatable bonds is 4. The van der Waals surface area contributed by atoms with Gasteiger partial charge in [-0.05, 0) is 43.4 Å². The first-order valence-electron chi connectivity index (χ1n) is 8.50. The Balaban J connectivity index is 2.11. The summed E-state index contributed by atoms with van der Waals surface area (Å²) in [5, 5.41) is 0. The van der Waals surface area contributed by atoms with Gasteiger partial charge in [-0.25, -0.2) is 0 Å². The highest BCUT2D eigenvalue weighted by Gasteiger charge is 2.39. The van der Waals surface area contributed by atoms with Gasteiger partial charge in [0.2, 0.25) is 0 Å². The third-order valence-electron chi connectivity index (χ3n) is 5.22. The molecule has 2 saturated carbocycles. The minimum Gasteiger partial charge on any atom is -0.326 e. The zero-order valence-electron chi connectivity index (χ0n) is 13.4. The van der Waals surface area contributed by atoms with Crippen molar-refractivity contribution < 1.29 is 0 Å². The molecule has 2 rings (SSSR count). The van der Waals surface area contributed by atoms with Gasteiger partial charge in [0.15, 0.2) is 0 Å². The van der Waals surface area contributed by atoms with Crippen molar-refractivity contribution in [2.45, 2.75) is 84.3 Å². The molecule has 2 fully saturated rings. The standard InChI is InChI=1S/C17H34N2/c1-12(2)11-19(15-7-5-6-8-15)17-14(4)9-13(3)10-16(17)18/h12-17H,5-11,18H2,1-4H3. The molecule has 0 radical (unpaired) electrons. The first-order chi connectivity index (χ1) is 8.99. The lowest BCUT2D eigenvalue weighted by molar-refractivity contribution is 0.0337. The van der Waals surface area contributed by atoms with Crippen molar-refractivity contribution in [3.05, 3.63) is 0 Å². The molecule has 4 unspecified atom stereocenters. The van der Waals surface area contributed by atoms with E-state index in [0.29, 0.717) is 12.1 Å². The topological polar surface area (TPSA) is 29.3 Å². The molecule has 4 atom stereocenters. The molecule has 0 spiro atoms. The molecule has 112 valence electrons. The van der Waals surface area contributed by atoms with Crippen molar-refractivity contribution in [2.75, 3.05) is 6.54 Å². The highest BCUT2D eigenvalue weighted by atomic mass is 15.2. The molecule has 0 aliphatic heterocycles. The molecule has 2 aliphatic rings. The molecule has 2 nitrogen and oxygen atoms in total. The van der Waals surface area contributed by atoms with E-state index in [-0.39, 0.29) is 0 Å². The van der Waals surface area contributed by atoms with Crippen molar-refractivity contribution in [1.82, 2.24) is 4.90 Å². The zero-order chi connectivity index (χ0) is 14.0. The molecule has 0 bridgehead atoms. The van der Waals surface area contributed by atoms with E-state index in [1.54, 1.807) is 0 Å². The Morgan fingerprint density at radius 3 is 2.26 bits per heavy atom. The molecule has 0 aromatic carbocycles. The van der Waals surface area contributed by atoms with Crippen LogP contribution in [-0.2, 0) is 0 Å². The second-order valence-electron chi connectivity index (χ2n) is 7.74. The summed E-state index contributed by atoms with van der Waals surface area (Å²) in [5.41, 5.74) is 6.56. The van der Waals surface area contributed by atoms with Gasteiger partial charge in [0.1, 0.15) is 0 Å². The minimum absolute atomic E-state index is 0.387. The second kappa shape index (κ2) is 6.58. The fraction of sp³-hybridized carbons (Fsp3) is 1.00. The van der Waals surface area contributed by atoms with E-state index in [4.69, 9.17) is 5.73 Å². The van der Waals surface area contributed by atoms with Crippen LogP contribution < -0.4 is 5.73 Å². The third-order valence-corrected chi connectivity index (χ3v) is 5.22. The van der Waals surface area contributed by atoms with Gasteiger partial charge in [-0.1, -0.05) is 40.5 Å². The van der Waals surface area contributed by atoms with E-state index in [1.807, 2.05) is 0 Å². The van der Waals surface area contributed by atoms with Crippen molar-refractivity contribution in [2.24, 2.45) is 23.5 Å². The Labute approximate surface area is 120 Å². The summed E-state index contributed by atoms with van der Waals surface area (Å²) >= 11 is 0. The molecule has 2 aliphatic carbocycles. The molecule has 0 saturated heterocycles. The van der Waals surface area contributed by atoms with E-state index >= 15 is 0 Å². The van der Waals surface area contributed by atoms with E-state index in [0.717, 1.165) is 23.8 Å². The van der Waals surface area contributed by atoms with Crippen LogP contribution in [0.1, 0.15) is 66.2 Å². The molecule has 0 aromatic rings. The van der Waals surface area contributed by atoms with Crippen molar-refractivity contribution >= 4 is 0 Å². The molecule has 2 heteroatoms. The van der Waals surface area contributed by atoms with E-state index < -0.39 is 0 Å². The Morgan fingerprint density at radius 1 is 1.11 bits per heavy atom. The zero-order valence-corrected chi connectivity index (χ0v) is 13.4. The Bertz CT molecular complexity index is 258. The van der Waals surface area contributed by atoms with E-state index in [2.05, 4.69) is 32.6 Å². The summed E-state index contributed by atoms with van der Waals surface area (Å²) < 4.78 is 0. The molecular weight excluding hydrogens is 232 g/mol. The van der Waals surface area contributed by atoms with Gasteiger partial charge in [-0.2, -0.15) is 0 Å². The second-order valence-corrected chi connectivity index (χ2v) is 7.74. The van der Waals surface area contributed by atoms with Crippen LogP contribution in [0.4, 0.5) is 0 Å².